The van der Waals surface area contributed by atoms with Crippen molar-refractivity contribution in [3.8, 4) is 17.3 Å². The van der Waals surface area contributed by atoms with Gasteiger partial charge in [-0.2, -0.15) is 5.10 Å². The number of aliphatic hydroxyl groups is 1. The number of para-hydroxylation sites is 1. The first-order valence-corrected chi connectivity index (χ1v) is 11.1. The summed E-state index contributed by atoms with van der Waals surface area (Å²) in [6.07, 6.45) is 1.79. The zero-order chi connectivity index (χ0) is 22.5. The van der Waals surface area contributed by atoms with Gasteiger partial charge in [-0.1, -0.05) is 18.2 Å². The van der Waals surface area contributed by atoms with Crippen molar-refractivity contribution in [1.82, 2.24) is 14.7 Å². The van der Waals surface area contributed by atoms with Gasteiger partial charge in [-0.15, -0.1) is 0 Å². The quantitative estimate of drug-likeness (QED) is 0.533. The molecule has 1 aliphatic heterocycles. The second kappa shape index (κ2) is 10.3. The molecule has 1 N–H and O–H groups in total. The molecule has 7 heteroatoms. The SMILES string of the molecule is Cc1nn(-c2ccccc2)c(Oc2ccc(F)cc2)c1CN(C[C@@H]1CCCO1)C[C@@H](C)O. The number of hydrogen-bond acceptors (Lipinski definition) is 5. The summed E-state index contributed by atoms with van der Waals surface area (Å²) < 4.78 is 27.3. The number of hydrogen-bond donors (Lipinski definition) is 1. The number of benzene rings is 2. The Bertz CT molecular complexity index is 999. The summed E-state index contributed by atoms with van der Waals surface area (Å²) in [6, 6.07) is 15.8. The van der Waals surface area contributed by atoms with Crippen LogP contribution in [0.15, 0.2) is 54.6 Å². The third-order valence-corrected chi connectivity index (χ3v) is 5.56. The molecular formula is C25H30FN3O3. The summed E-state index contributed by atoms with van der Waals surface area (Å²) in [5, 5.41) is 14.8. The topological polar surface area (TPSA) is 59.8 Å². The largest absolute Gasteiger partial charge is 0.439 e. The maximum Gasteiger partial charge on any atom is 0.227 e. The van der Waals surface area contributed by atoms with Crippen molar-refractivity contribution in [3.05, 3.63) is 71.7 Å². The number of aliphatic hydroxyl groups excluding tert-OH is 1. The molecule has 2 aromatic carbocycles. The van der Waals surface area contributed by atoms with Gasteiger partial charge in [0.25, 0.3) is 0 Å². The molecule has 0 unspecified atom stereocenters. The van der Waals surface area contributed by atoms with Crippen molar-refractivity contribution in [2.45, 2.75) is 45.4 Å². The van der Waals surface area contributed by atoms with Crippen LogP contribution < -0.4 is 4.74 Å². The van der Waals surface area contributed by atoms with Crippen LogP contribution in [-0.2, 0) is 11.3 Å². The van der Waals surface area contributed by atoms with E-state index in [1.54, 1.807) is 23.7 Å². The van der Waals surface area contributed by atoms with Crippen molar-refractivity contribution >= 4 is 0 Å². The van der Waals surface area contributed by atoms with E-state index in [-0.39, 0.29) is 11.9 Å². The fourth-order valence-electron chi connectivity index (χ4n) is 4.06. The summed E-state index contributed by atoms with van der Waals surface area (Å²) in [6.45, 7) is 6.34. The lowest BCUT2D eigenvalue weighted by Crippen LogP contribution is -2.36. The minimum Gasteiger partial charge on any atom is -0.439 e. The zero-order valence-electron chi connectivity index (χ0n) is 18.6. The van der Waals surface area contributed by atoms with Crippen LogP contribution in [0.2, 0.25) is 0 Å². The van der Waals surface area contributed by atoms with Crippen molar-refractivity contribution in [3.63, 3.8) is 0 Å². The summed E-state index contributed by atoms with van der Waals surface area (Å²) in [5.41, 5.74) is 2.64. The van der Waals surface area contributed by atoms with E-state index in [0.29, 0.717) is 24.7 Å². The molecule has 2 atom stereocenters. The van der Waals surface area contributed by atoms with Gasteiger partial charge in [0, 0.05) is 26.2 Å². The van der Waals surface area contributed by atoms with E-state index in [2.05, 4.69) is 4.90 Å². The molecule has 2 heterocycles. The molecule has 32 heavy (non-hydrogen) atoms. The maximum absolute atomic E-state index is 13.4. The van der Waals surface area contributed by atoms with Crippen LogP contribution in [-0.4, -0.2) is 51.7 Å². The minimum atomic E-state index is -0.470. The van der Waals surface area contributed by atoms with Gasteiger partial charge in [-0.3, -0.25) is 4.90 Å². The molecule has 170 valence electrons. The van der Waals surface area contributed by atoms with Crippen molar-refractivity contribution in [2.75, 3.05) is 19.7 Å². The van der Waals surface area contributed by atoms with E-state index >= 15 is 0 Å². The van der Waals surface area contributed by atoms with E-state index in [0.717, 1.165) is 42.9 Å². The lowest BCUT2D eigenvalue weighted by molar-refractivity contribution is 0.0500. The molecule has 1 fully saturated rings. The van der Waals surface area contributed by atoms with Gasteiger partial charge in [0.1, 0.15) is 11.6 Å². The summed E-state index contributed by atoms with van der Waals surface area (Å²) in [4.78, 5) is 2.19. The molecule has 1 saturated heterocycles. The van der Waals surface area contributed by atoms with Crippen LogP contribution in [0.4, 0.5) is 4.39 Å². The average molecular weight is 440 g/mol. The average Bonchev–Trinajstić information content (AvgIpc) is 3.39. The Morgan fingerprint density at radius 3 is 2.62 bits per heavy atom. The Balaban J connectivity index is 1.68. The molecule has 1 aliphatic rings. The predicted molar refractivity (Wildman–Crippen MR) is 121 cm³/mol. The summed E-state index contributed by atoms with van der Waals surface area (Å²) in [5.74, 6) is 0.805. The minimum absolute atomic E-state index is 0.166. The highest BCUT2D eigenvalue weighted by molar-refractivity contribution is 5.43. The Morgan fingerprint density at radius 2 is 1.97 bits per heavy atom. The second-order valence-corrected chi connectivity index (χ2v) is 8.35. The van der Waals surface area contributed by atoms with E-state index in [9.17, 15) is 9.50 Å². The fraction of sp³-hybridized carbons (Fsp3) is 0.400. The first-order chi connectivity index (χ1) is 15.5. The molecule has 6 nitrogen and oxygen atoms in total. The van der Waals surface area contributed by atoms with E-state index in [1.807, 2.05) is 37.3 Å². The van der Waals surface area contributed by atoms with Crippen LogP contribution in [0.3, 0.4) is 0 Å². The van der Waals surface area contributed by atoms with Crippen LogP contribution >= 0.6 is 0 Å². The number of rotatable bonds is 9. The number of aromatic nitrogens is 2. The molecule has 3 aromatic rings. The lowest BCUT2D eigenvalue weighted by atomic mass is 10.1. The lowest BCUT2D eigenvalue weighted by Gasteiger charge is -2.26. The Morgan fingerprint density at radius 1 is 1.22 bits per heavy atom. The number of ether oxygens (including phenoxy) is 2. The van der Waals surface area contributed by atoms with Crippen molar-refractivity contribution in [2.24, 2.45) is 0 Å². The number of nitrogens with zero attached hydrogens (tertiary/aromatic N) is 3. The number of halogens is 1. The second-order valence-electron chi connectivity index (χ2n) is 8.35. The van der Waals surface area contributed by atoms with Crippen LogP contribution in [0.1, 0.15) is 31.0 Å². The van der Waals surface area contributed by atoms with Gasteiger partial charge in [0.2, 0.25) is 5.88 Å². The molecule has 0 radical (unpaired) electrons. The summed E-state index contributed by atoms with van der Waals surface area (Å²) in [7, 11) is 0. The molecule has 0 saturated carbocycles. The van der Waals surface area contributed by atoms with Gasteiger partial charge in [0.05, 0.1) is 29.2 Å². The molecule has 0 bridgehead atoms. The normalized spacial score (nSPS) is 17.1. The summed E-state index contributed by atoms with van der Waals surface area (Å²) >= 11 is 0. The third kappa shape index (κ3) is 5.54. The van der Waals surface area contributed by atoms with Gasteiger partial charge < -0.3 is 14.6 Å². The highest BCUT2D eigenvalue weighted by Gasteiger charge is 2.25. The van der Waals surface area contributed by atoms with Gasteiger partial charge in [-0.25, -0.2) is 9.07 Å². The molecule has 4 rings (SSSR count). The van der Waals surface area contributed by atoms with Crippen molar-refractivity contribution < 1.29 is 19.0 Å². The Kier molecular flexibility index (Phi) is 7.19. The van der Waals surface area contributed by atoms with Crippen LogP contribution in [0.5, 0.6) is 11.6 Å². The van der Waals surface area contributed by atoms with E-state index in [4.69, 9.17) is 14.6 Å². The van der Waals surface area contributed by atoms with Gasteiger partial charge in [0.15, 0.2) is 0 Å². The first kappa shape index (κ1) is 22.5. The zero-order valence-corrected chi connectivity index (χ0v) is 18.6. The molecule has 0 amide bonds. The predicted octanol–water partition coefficient (Wildman–Crippen LogP) is 4.47. The number of aryl methyl sites for hydroxylation is 1. The monoisotopic (exact) mass is 439 g/mol. The fourth-order valence-corrected chi connectivity index (χ4v) is 4.06. The third-order valence-electron chi connectivity index (χ3n) is 5.56. The van der Waals surface area contributed by atoms with Crippen LogP contribution in [0.25, 0.3) is 5.69 Å². The highest BCUT2D eigenvalue weighted by Crippen LogP contribution is 2.32. The highest BCUT2D eigenvalue weighted by atomic mass is 19.1. The molecule has 1 aromatic heterocycles. The molecule has 0 spiro atoms. The molecule has 0 aliphatic carbocycles. The van der Waals surface area contributed by atoms with Gasteiger partial charge >= 0.3 is 0 Å². The van der Waals surface area contributed by atoms with Crippen LogP contribution in [0, 0.1) is 12.7 Å². The van der Waals surface area contributed by atoms with E-state index < -0.39 is 6.10 Å². The van der Waals surface area contributed by atoms with E-state index in [1.165, 1.54) is 12.1 Å². The van der Waals surface area contributed by atoms with Crippen molar-refractivity contribution in [1.29, 1.82) is 0 Å². The maximum atomic E-state index is 13.4. The van der Waals surface area contributed by atoms with Gasteiger partial charge in [-0.05, 0) is 63.1 Å². The standard InChI is InChI=1S/C25H30FN3O3/c1-18(30)15-28(16-23-9-6-14-31-23)17-24-19(2)27-29(21-7-4-3-5-8-21)25(24)32-22-12-10-20(26)11-13-22/h3-5,7-8,10-13,18,23,30H,6,9,14-17H2,1-2H3/t18-,23+/m1/s1. The Hall–Kier alpha value is -2.74. The Labute approximate surface area is 188 Å². The smallest absolute Gasteiger partial charge is 0.227 e. The first-order valence-electron chi connectivity index (χ1n) is 11.1. The molecular weight excluding hydrogens is 409 g/mol.